The van der Waals surface area contributed by atoms with Crippen LogP contribution < -0.4 is 5.32 Å². The van der Waals surface area contributed by atoms with E-state index in [1.807, 2.05) is 0 Å². The molecule has 6 nitrogen and oxygen atoms in total. The molecule has 0 aromatic carbocycles. The van der Waals surface area contributed by atoms with Crippen molar-refractivity contribution < 1.29 is 23.1 Å². The van der Waals surface area contributed by atoms with Crippen molar-refractivity contribution in [1.29, 1.82) is 0 Å². The zero-order valence-corrected chi connectivity index (χ0v) is 16.3. The summed E-state index contributed by atoms with van der Waals surface area (Å²) in [6.07, 6.45) is 1.82. The minimum Gasteiger partial charge on any atom is -0.389 e. The highest BCUT2D eigenvalue weighted by Crippen LogP contribution is 2.39. The summed E-state index contributed by atoms with van der Waals surface area (Å²) in [4.78, 5) is 20.8. The number of fused-ring (bicyclic) bond motifs is 1. The maximum absolute atomic E-state index is 13.1. The van der Waals surface area contributed by atoms with Crippen LogP contribution in [0.4, 0.5) is 19.1 Å². The highest BCUT2D eigenvalue weighted by Gasteiger charge is 2.37. The van der Waals surface area contributed by atoms with E-state index in [9.17, 15) is 23.1 Å². The highest BCUT2D eigenvalue weighted by atomic mass is 19.4. The molecule has 0 bridgehead atoms. The van der Waals surface area contributed by atoms with E-state index in [-0.39, 0.29) is 30.0 Å². The minimum atomic E-state index is -4.55. The lowest BCUT2D eigenvalue weighted by Crippen LogP contribution is -2.37. The number of rotatable bonds is 5. The van der Waals surface area contributed by atoms with Crippen LogP contribution in [-0.4, -0.2) is 31.1 Å². The lowest BCUT2D eigenvalue weighted by atomic mass is 9.85. The molecular weight excluding hydrogens is 385 g/mol. The van der Waals surface area contributed by atoms with Gasteiger partial charge in [-0.25, -0.2) is 9.97 Å². The van der Waals surface area contributed by atoms with Crippen molar-refractivity contribution in [2.24, 2.45) is 5.92 Å². The summed E-state index contributed by atoms with van der Waals surface area (Å²) >= 11 is 0. The average molecular weight is 410 g/mol. The molecule has 158 valence electrons. The van der Waals surface area contributed by atoms with Crippen LogP contribution in [0.15, 0.2) is 12.1 Å². The first-order valence-corrected chi connectivity index (χ1v) is 10.1. The Bertz CT molecular complexity index is 912. The number of hydrogen-bond donors (Lipinski definition) is 2. The number of anilines is 1. The van der Waals surface area contributed by atoms with Crippen LogP contribution in [-0.2, 0) is 11.0 Å². The van der Waals surface area contributed by atoms with Gasteiger partial charge in [0.2, 0.25) is 11.9 Å². The van der Waals surface area contributed by atoms with E-state index < -0.39 is 23.4 Å². The topological polar surface area (TPSA) is 80.0 Å². The number of nitrogens with zero attached hydrogens (tertiary/aromatic N) is 3. The summed E-state index contributed by atoms with van der Waals surface area (Å²) in [5.41, 5.74) is -1.66. The molecule has 1 atom stereocenters. The fourth-order valence-corrected chi connectivity index (χ4v) is 4.40. The van der Waals surface area contributed by atoms with Crippen LogP contribution >= 0.6 is 0 Å². The second-order valence-corrected chi connectivity index (χ2v) is 8.49. The second kappa shape index (κ2) is 7.27. The molecule has 0 radical (unpaired) electrons. The first kappa shape index (κ1) is 20.1. The van der Waals surface area contributed by atoms with Gasteiger partial charge in [0.15, 0.2) is 5.65 Å². The summed E-state index contributed by atoms with van der Waals surface area (Å²) in [5, 5.41) is 13.5. The molecule has 0 saturated heterocycles. The van der Waals surface area contributed by atoms with Crippen molar-refractivity contribution in [2.45, 2.75) is 76.1 Å². The Morgan fingerprint density at radius 2 is 1.86 bits per heavy atom. The van der Waals surface area contributed by atoms with Crippen molar-refractivity contribution in [3.8, 4) is 0 Å². The molecule has 2 aromatic rings. The van der Waals surface area contributed by atoms with Crippen molar-refractivity contribution >= 4 is 23.0 Å². The largest absolute Gasteiger partial charge is 0.433 e. The Hall–Kier alpha value is -2.16. The summed E-state index contributed by atoms with van der Waals surface area (Å²) in [5.74, 6) is -0.118. The van der Waals surface area contributed by atoms with Gasteiger partial charge in [-0.1, -0.05) is 12.8 Å². The van der Waals surface area contributed by atoms with Gasteiger partial charge in [-0.05, 0) is 57.1 Å². The van der Waals surface area contributed by atoms with E-state index in [1.54, 1.807) is 11.5 Å². The van der Waals surface area contributed by atoms with Gasteiger partial charge in [-0.3, -0.25) is 14.7 Å². The summed E-state index contributed by atoms with van der Waals surface area (Å²) < 4.78 is 40.9. The number of aromatic nitrogens is 3. The first-order chi connectivity index (χ1) is 13.6. The van der Waals surface area contributed by atoms with Gasteiger partial charge in [0.05, 0.1) is 12.0 Å². The highest BCUT2D eigenvalue weighted by molar-refractivity contribution is 5.91. The summed E-state index contributed by atoms with van der Waals surface area (Å²) in [6, 6.07) is 2.14. The molecule has 2 aromatic heterocycles. The van der Waals surface area contributed by atoms with Crippen LogP contribution in [0.3, 0.4) is 0 Å². The van der Waals surface area contributed by atoms with Crippen molar-refractivity contribution in [3.05, 3.63) is 17.8 Å². The molecule has 2 saturated carbocycles. The number of hydrogen-bond acceptors (Lipinski definition) is 4. The number of nitrogens with one attached hydrogen (secondary N) is 1. The van der Waals surface area contributed by atoms with Crippen molar-refractivity contribution in [1.82, 2.24) is 14.5 Å². The molecule has 2 heterocycles. The Kier molecular flexibility index (Phi) is 5.04. The summed E-state index contributed by atoms with van der Waals surface area (Å²) in [6.45, 7) is 1.68. The van der Waals surface area contributed by atoms with Gasteiger partial charge in [-0.2, -0.15) is 13.2 Å². The number of pyridine rings is 1. The molecule has 4 rings (SSSR count). The molecule has 2 aliphatic carbocycles. The third kappa shape index (κ3) is 3.97. The average Bonchev–Trinajstić information content (AvgIpc) is 3.21. The SMILES string of the molecule is CC(O)(CC(=O)Nc1nc2ccc(C(F)(F)F)nc2n1C1CCC1)C1CCCC1. The number of alkyl halides is 3. The van der Waals surface area contributed by atoms with Crippen LogP contribution in [0.25, 0.3) is 11.2 Å². The maximum atomic E-state index is 13.1. The predicted molar refractivity (Wildman–Crippen MR) is 101 cm³/mol. The van der Waals surface area contributed by atoms with Gasteiger partial charge in [0.1, 0.15) is 11.2 Å². The van der Waals surface area contributed by atoms with Crippen molar-refractivity contribution in [2.75, 3.05) is 5.32 Å². The smallest absolute Gasteiger partial charge is 0.389 e. The normalized spacial score (nSPS) is 20.6. The molecule has 1 unspecified atom stereocenters. The number of aliphatic hydroxyl groups is 1. The van der Waals surface area contributed by atoms with E-state index in [0.29, 0.717) is 5.52 Å². The van der Waals surface area contributed by atoms with E-state index in [0.717, 1.165) is 51.0 Å². The van der Waals surface area contributed by atoms with Gasteiger partial charge < -0.3 is 5.11 Å². The molecule has 9 heteroatoms. The molecular formula is C20H25F3N4O2. The lowest BCUT2D eigenvalue weighted by molar-refractivity contribution is -0.141. The van der Waals surface area contributed by atoms with Crippen molar-refractivity contribution in [3.63, 3.8) is 0 Å². The van der Waals surface area contributed by atoms with E-state index >= 15 is 0 Å². The van der Waals surface area contributed by atoms with Crippen LogP contribution in [0.2, 0.25) is 0 Å². The Labute approximate surface area is 166 Å². The Balaban J connectivity index is 1.61. The first-order valence-electron chi connectivity index (χ1n) is 10.1. The zero-order chi connectivity index (χ0) is 20.8. The Morgan fingerprint density at radius 3 is 2.45 bits per heavy atom. The van der Waals surface area contributed by atoms with Gasteiger partial charge >= 0.3 is 6.18 Å². The van der Waals surface area contributed by atoms with E-state index in [1.165, 1.54) is 6.07 Å². The molecule has 2 N–H and O–H groups in total. The number of imidazole rings is 1. The van der Waals surface area contributed by atoms with E-state index in [2.05, 4.69) is 15.3 Å². The number of carbonyl (C=O) groups is 1. The lowest BCUT2D eigenvalue weighted by Gasteiger charge is -2.30. The monoisotopic (exact) mass is 410 g/mol. The minimum absolute atomic E-state index is 0.0402. The van der Waals surface area contributed by atoms with E-state index in [4.69, 9.17) is 0 Å². The van der Waals surface area contributed by atoms with Crippen LogP contribution in [0.5, 0.6) is 0 Å². The maximum Gasteiger partial charge on any atom is 0.433 e. The number of amides is 1. The predicted octanol–water partition coefficient (Wildman–Crippen LogP) is 4.44. The molecule has 29 heavy (non-hydrogen) atoms. The molecule has 2 fully saturated rings. The zero-order valence-electron chi connectivity index (χ0n) is 16.3. The second-order valence-electron chi connectivity index (χ2n) is 8.49. The fourth-order valence-electron chi connectivity index (χ4n) is 4.40. The van der Waals surface area contributed by atoms with Gasteiger partial charge in [0, 0.05) is 6.04 Å². The van der Waals surface area contributed by atoms with Crippen LogP contribution in [0, 0.1) is 5.92 Å². The molecule has 0 aliphatic heterocycles. The summed E-state index contributed by atoms with van der Waals surface area (Å²) in [7, 11) is 0. The number of halogens is 3. The quantitative estimate of drug-likeness (QED) is 0.764. The fraction of sp³-hybridized carbons (Fsp3) is 0.650. The van der Waals surface area contributed by atoms with Crippen LogP contribution in [0.1, 0.15) is 70.0 Å². The third-order valence-corrected chi connectivity index (χ3v) is 6.27. The third-order valence-electron chi connectivity index (χ3n) is 6.27. The molecule has 2 aliphatic rings. The molecule has 0 spiro atoms. The molecule has 1 amide bonds. The van der Waals surface area contributed by atoms with Gasteiger partial charge in [0.25, 0.3) is 0 Å². The van der Waals surface area contributed by atoms with Gasteiger partial charge in [-0.15, -0.1) is 0 Å². The Morgan fingerprint density at radius 1 is 1.17 bits per heavy atom. The number of carbonyl (C=O) groups excluding carboxylic acids is 1. The standard InChI is InChI=1S/C20H25F3N4O2/c1-19(29,12-5-2-3-6-12)11-16(28)26-18-24-14-9-10-15(20(21,22)23)25-17(14)27(18)13-7-4-8-13/h9-10,12-13,29H,2-8,11H2,1H3,(H,24,26,28).